The fraction of sp³-hybridized carbons (Fsp3) is 0.667. The average molecular weight is 225 g/mol. The van der Waals surface area contributed by atoms with Crippen LogP contribution in [0.15, 0.2) is 16.8 Å². The van der Waals surface area contributed by atoms with Crippen molar-refractivity contribution in [3.8, 4) is 0 Å². The monoisotopic (exact) mass is 225 g/mol. The van der Waals surface area contributed by atoms with Crippen LogP contribution in [0.3, 0.4) is 0 Å². The van der Waals surface area contributed by atoms with E-state index in [0.717, 1.165) is 32.5 Å². The van der Waals surface area contributed by atoms with Crippen molar-refractivity contribution in [2.75, 3.05) is 19.6 Å². The second-order valence-corrected chi connectivity index (χ2v) is 5.30. The molecule has 2 nitrogen and oxygen atoms in total. The van der Waals surface area contributed by atoms with E-state index in [4.69, 9.17) is 0 Å². The second kappa shape index (κ2) is 5.10. The van der Waals surface area contributed by atoms with Crippen LogP contribution in [0.2, 0.25) is 0 Å². The minimum Gasteiger partial charge on any atom is -0.393 e. The molecule has 2 unspecified atom stereocenters. The van der Waals surface area contributed by atoms with E-state index in [0.29, 0.717) is 5.92 Å². The van der Waals surface area contributed by atoms with Gasteiger partial charge in [0.15, 0.2) is 0 Å². The third kappa shape index (κ3) is 3.03. The standard InChI is InChI=1S/C12H19NOS/c1-10-8-13(6-3-12(10)14)5-2-11-4-7-15-9-11/h4,7,9-10,12,14H,2-3,5-6,8H2,1H3. The van der Waals surface area contributed by atoms with E-state index in [1.54, 1.807) is 11.3 Å². The van der Waals surface area contributed by atoms with Crippen LogP contribution in [-0.4, -0.2) is 35.7 Å². The predicted molar refractivity (Wildman–Crippen MR) is 64.3 cm³/mol. The summed E-state index contributed by atoms with van der Waals surface area (Å²) in [5.41, 5.74) is 1.44. The van der Waals surface area contributed by atoms with Gasteiger partial charge in [-0.3, -0.25) is 0 Å². The normalized spacial score (nSPS) is 28.1. The van der Waals surface area contributed by atoms with Gasteiger partial charge < -0.3 is 10.0 Å². The predicted octanol–water partition coefficient (Wildman–Crippen LogP) is 1.99. The molecule has 2 atom stereocenters. The summed E-state index contributed by atoms with van der Waals surface area (Å²) in [6.45, 7) is 5.37. The molecular weight excluding hydrogens is 206 g/mol. The number of hydrogen-bond donors (Lipinski definition) is 1. The summed E-state index contributed by atoms with van der Waals surface area (Å²) in [5, 5.41) is 14.0. The van der Waals surface area contributed by atoms with Crippen molar-refractivity contribution in [3.63, 3.8) is 0 Å². The lowest BCUT2D eigenvalue weighted by molar-refractivity contribution is 0.0356. The summed E-state index contributed by atoms with van der Waals surface area (Å²) >= 11 is 1.77. The number of likely N-dealkylation sites (tertiary alicyclic amines) is 1. The van der Waals surface area contributed by atoms with Crippen molar-refractivity contribution >= 4 is 11.3 Å². The Kier molecular flexibility index (Phi) is 3.78. The molecular formula is C12H19NOS. The van der Waals surface area contributed by atoms with Crippen molar-refractivity contribution in [1.82, 2.24) is 4.90 Å². The maximum Gasteiger partial charge on any atom is 0.0590 e. The zero-order chi connectivity index (χ0) is 10.7. The molecule has 0 aliphatic carbocycles. The Labute approximate surface area is 95.5 Å². The third-order valence-electron chi connectivity index (χ3n) is 3.24. The first-order valence-corrected chi connectivity index (χ1v) is 6.61. The van der Waals surface area contributed by atoms with E-state index in [2.05, 4.69) is 28.7 Å². The molecule has 3 heteroatoms. The molecule has 0 radical (unpaired) electrons. The number of aliphatic hydroxyl groups excluding tert-OH is 1. The zero-order valence-corrected chi connectivity index (χ0v) is 10.0. The van der Waals surface area contributed by atoms with Crippen LogP contribution in [0.4, 0.5) is 0 Å². The van der Waals surface area contributed by atoms with Gasteiger partial charge >= 0.3 is 0 Å². The lowest BCUT2D eigenvalue weighted by Gasteiger charge is -2.34. The van der Waals surface area contributed by atoms with Crippen LogP contribution >= 0.6 is 11.3 Å². The van der Waals surface area contributed by atoms with Crippen molar-refractivity contribution in [2.45, 2.75) is 25.9 Å². The Morgan fingerprint density at radius 2 is 2.47 bits per heavy atom. The molecule has 0 spiro atoms. The smallest absolute Gasteiger partial charge is 0.0590 e. The molecule has 1 fully saturated rings. The fourth-order valence-corrected chi connectivity index (χ4v) is 2.85. The van der Waals surface area contributed by atoms with Gasteiger partial charge in [-0.25, -0.2) is 0 Å². The van der Waals surface area contributed by atoms with Gasteiger partial charge in [-0.15, -0.1) is 0 Å². The Morgan fingerprint density at radius 3 is 3.13 bits per heavy atom. The zero-order valence-electron chi connectivity index (χ0n) is 9.22. The highest BCUT2D eigenvalue weighted by molar-refractivity contribution is 7.07. The summed E-state index contributed by atoms with van der Waals surface area (Å²) in [6, 6.07) is 2.20. The first-order valence-electron chi connectivity index (χ1n) is 5.67. The Hall–Kier alpha value is -0.380. The molecule has 2 heterocycles. The minimum atomic E-state index is -0.0811. The molecule has 0 bridgehead atoms. The van der Waals surface area contributed by atoms with Crippen molar-refractivity contribution in [1.29, 1.82) is 0 Å². The maximum absolute atomic E-state index is 9.62. The van der Waals surface area contributed by atoms with E-state index in [-0.39, 0.29) is 6.10 Å². The Balaban J connectivity index is 1.76. The molecule has 1 aliphatic rings. The van der Waals surface area contributed by atoms with Gasteiger partial charge in [0.2, 0.25) is 0 Å². The highest BCUT2D eigenvalue weighted by Crippen LogP contribution is 2.17. The summed E-state index contributed by atoms with van der Waals surface area (Å²) in [6.07, 6.45) is 2.00. The number of hydrogen-bond acceptors (Lipinski definition) is 3. The first kappa shape index (κ1) is 11.1. The average Bonchev–Trinajstić information content (AvgIpc) is 2.73. The van der Waals surface area contributed by atoms with Crippen LogP contribution < -0.4 is 0 Å². The van der Waals surface area contributed by atoms with E-state index in [9.17, 15) is 5.11 Å². The molecule has 1 aromatic heterocycles. The van der Waals surface area contributed by atoms with Crippen molar-refractivity contribution in [2.24, 2.45) is 5.92 Å². The van der Waals surface area contributed by atoms with Gasteiger partial charge in [-0.2, -0.15) is 11.3 Å². The Bertz CT molecular complexity index is 286. The van der Waals surface area contributed by atoms with E-state index in [1.165, 1.54) is 5.56 Å². The number of thiophene rings is 1. The molecule has 1 N–H and O–H groups in total. The van der Waals surface area contributed by atoms with Gasteiger partial charge in [-0.1, -0.05) is 6.92 Å². The van der Waals surface area contributed by atoms with Gasteiger partial charge in [0.1, 0.15) is 0 Å². The minimum absolute atomic E-state index is 0.0811. The van der Waals surface area contributed by atoms with Gasteiger partial charge in [-0.05, 0) is 41.1 Å². The van der Waals surface area contributed by atoms with Gasteiger partial charge in [0.05, 0.1) is 6.10 Å². The van der Waals surface area contributed by atoms with E-state index < -0.39 is 0 Å². The number of piperidine rings is 1. The quantitative estimate of drug-likeness (QED) is 0.850. The van der Waals surface area contributed by atoms with Crippen molar-refractivity contribution < 1.29 is 5.11 Å². The van der Waals surface area contributed by atoms with Crippen LogP contribution in [-0.2, 0) is 6.42 Å². The highest BCUT2D eigenvalue weighted by atomic mass is 32.1. The molecule has 2 rings (SSSR count). The van der Waals surface area contributed by atoms with Gasteiger partial charge in [0, 0.05) is 19.6 Å². The Morgan fingerprint density at radius 1 is 1.60 bits per heavy atom. The SMILES string of the molecule is CC1CN(CCc2ccsc2)CCC1O. The molecule has 15 heavy (non-hydrogen) atoms. The molecule has 1 saturated heterocycles. The topological polar surface area (TPSA) is 23.5 Å². The maximum atomic E-state index is 9.62. The van der Waals surface area contributed by atoms with Crippen LogP contribution in [0.1, 0.15) is 18.9 Å². The van der Waals surface area contributed by atoms with E-state index >= 15 is 0 Å². The molecule has 0 saturated carbocycles. The first-order chi connectivity index (χ1) is 7.25. The largest absolute Gasteiger partial charge is 0.393 e. The summed E-state index contributed by atoms with van der Waals surface area (Å²) in [4.78, 5) is 2.47. The van der Waals surface area contributed by atoms with Crippen LogP contribution in [0.5, 0.6) is 0 Å². The summed E-state index contributed by atoms with van der Waals surface area (Å²) in [5.74, 6) is 0.432. The third-order valence-corrected chi connectivity index (χ3v) is 3.97. The lowest BCUT2D eigenvalue weighted by Crippen LogP contribution is -2.42. The summed E-state index contributed by atoms with van der Waals surface area (Å²) in [7, 11) is 0. The van der Waals surface area contributed by atoms with Crippen LogP contribution in [0, 0.1) is 5.92 Å². The molecule has 1 aliphatic heterocycles. The van der Waals surface area contributed by atoms with Crippen molar-refractivity contribution in [3.05, 3.63) is 22.4 Å². The summed E-state index contributed by atoms with van der Waals surface area (Å²) < 4.78 is 0. The fourth-order valence-electron chi connectivity index (χ4n) is 2.14. The lowest BCUT2D eigenvalue weighted by atomic mass is 9.96. The number of nitrogens with zero attached hydrogens (tertiary/aromatic N) is 1. The second-order valence-electron chi connectivity index (χ2n) is 4.52. The van der Waals surface area contributed by atoms with Crippen LogP contribution in [0.25, 0.3) is 0 Å². The van der Waals surface area contributed by atoms with Gasteiger partial charge in [0.25, 0.3) is 0 Å². The highest BCUT2D eigenvalue weighted by Gasteiger charge is 2.23. The molecule has 0 amide bonds. The molecule has 84 valence electrons. The number of aliphatic hydroxyl groups is 1. The molecule has 0 aromatic carbocycles. The van der Waals surface area contributed by atoms with E-state index in [1.807, 2.05) is 0 Å². The number of rotatable bonds is 3. The molecule has 1 aromatic rings.